The number of nitrogens with zero attached hydrogens (tertiary/aromatic N) is 2. The number of amides is 4. The van der Waals surface area contributed by atoms with E-state index in [2.05, 4.69) is 9.88 Å². The molecule has 1 N–H and O–H groups in total. The number of hydrogen-bond acceptors (Lipinski definition) is 4. The van der Waals surface area contributed by atoms with Gasteiger partial charge in [-0.05, 0) is 48.5 Å². The lowest BCUT2D eigenvalue weighted by molar-refractivity contribution is -0.122. The highest BCUT2D eigenvalue weighted by atomic mass is 35.5. The summed E-state index contributed by atoms with van der Waals surface area (Å²) < 4.78 is 2.08. The SMILES string of the molecule is O=C1NC(=O)N(c2cccc(Cl)c2Cl)C(=O)/C1=C/c1cn(CCSc2ccc(Cl)cc2)c2ccccc12. The number of aromatic nitrogens is 1. The topological polar surface area (TPSA) is 71.4 Å². The van der Waals surface area contributed by atoms with Crippen molar-refractivity contribution in [3.8, 4) is 0 Å². The van der Waals surface area contributed by atoms with E-state index in [4.69, 9.17) is 34.8 Å². The van der Waals surface area contributed by atoms with Gasteiger partial charge in [0.1, 0.15) is 5.57 Å². The van der Waals surface area contributed by atoms with E-state index in [1.807, 2.05) is 54.7 Å². The summed E-state index contributed by atoms with van der Waals surface area (Å²) in [6.45, 7) is 0.694. The third kappa shape index (κ3) is 5.13. The van der Waals surface area contributed by atoms with Gasteiger partial charge in [0.2, 0.25) is 0 Å². The van der Waals surface area contributed by atoms with E-state index in [0.29, 0.717) is 17.1 Å². The van der Waals surface area contributed by atoms with Gasteiger partial charge in [-0.3, -0.25) is 14.9 Å². The van der Waals surface area contributed by atoms with Crippen molar-refractivity contribution in [1.29, 1.82) is 0 Å². The number of urea groups is 1. The summed E-state index contributed by atoms with van der Waals surface area (Å²) in [6.07, 6.45) is 3.40. The predicted octanol–water partition coefficient (Wildman–Crippen LogP) is 7.06. The van der Waals surface area contributed by atoms with Crippen LogP contribution in [0.1, 0.15) is 5.56 Å². The number of anilines is 1. The minimum absolute atomic E-state index is 0.0381. The summed E-state index contributed by atoms with van der Waals surface area (Å²) in [4.78, 5) is 40.6. The van der Waals surface area contributed by atoms with Gasteiger partial charge in [-0.2, -0.15) is 0 Å². The number of hydrogen-bond donors (Lipinski definition) is 1. The van der Waals surface area contributed by atoms with E-state index in [1.165, 1.54) is 12.1 Å². The van der Waals surface area contributed by atoms with E-state index in [-0.39, 0.29) is 21.3 Å². The quantitative estimate of drug-likeness (QED) is 0.153. The summed E-state index contributed by atoms with van der Waals surface area (Å²) in [7, 11) is 0. The van der Waals surface area contributed by atoms with Crippen LogP contribution in [0, 0.1) is 0 Å². The summed E-state index contributed by atoms with van der Waals surface area (Å²) in [6, 6.07) is 19.1. The second kappa shape index (κ2) is 10.6. The summed E-state index contributed by atoms with van der Waals surface area (Å²) in [5, 5.41) is 4.01. The molecule has 0 radical (unpaired) electrons. The maximum Gasteiger partial charge on any atom is 0.336 e. The first-order valence-corrected chi connectivity index (χ1v) is 13.3. The Labute approximate surface area is 231 Å². The van der Waals surface area contributed by atoms with E-state index in [1.54, 1.807) is 23.9 Å². The van der Waals surface area contributed by atoms with Crippen molar-refractivity contribution in [3.05, 3.63) is 99.1 Å². The van der Waals surface area contributed by atoms with Crippen molar-refractivity contribution >= 4 is 87.1 Å². The zero-order chi connectivity index (χ0) is 26.1. The summed E-state index contributed by atoms with van der Waals surface area (Å²) in [5.74, 6) is -0.766. The number of carbonyl (C=O) groups excluding carboxylic acids is 3. The highest BCUT2D eigenvalue weighted by Crippen LogP contribution is 2.35. The fourth-order valence-electron chi connectivity index (χ4n) is 4.06. The van der Waals surface area contributed by atoms with Crippen molar-refractivity contribution in [3.63, 3.8) is 0 Å². The highest BCUT2D eigenvalue weighted by molar-refractivity contribution is 7.99. The molecule has 0 unspecified atom stereocenters. The fourth-order valence-corrected chi connectivity index (χ4v) is 5.42. The Kier molecular flexibility index (Phi) is 7.31. The second-order valence-electron chi connectivity index (χ2n) is 8.13. The number of benzene rings is 3. The number of imide groups is 2. The number of thioether (sulfide) groups is 1. The normalized spacial score (nSPS) is 15.1. The molecular formula is C27H18Cl3N3O3S. The van der Waals surface area contributed by atoms with Crippen LogP contribution in [0.3, 0.4) is 0 Å². The summed E-state index contributed by atoms with van der Waals surface area (Å²) >= 11 is 20.0. The Balaban J connectivity index is 1.46. The van der Waals surface area contributed by atoms with Crippen LogP contribution >= 0.6 is 46.6 Å². The van der Waals surface area contributed by atoms with Crippen LogP contribution in [0.25, 0.3) is 17.0 Å². The van der Waals surface area contributed by atoms with Crippen molar-refractivity contribution < 1.29 is 14.4 Å². The molecule has 1 aliphatic rings. The zero-order valence-corrected chi connectivity index (χ0v) is 22.2. The van der Waals surface area contributed by atoms with Crippen LogP contribution in [0.2, 0.25) is 15.1 Å². The van der Waals surface area contributed by atoms with E-state index in [0.717, 1.165) is 26.5 Å². The molecule has 1 fully saturated rings. The van der Waals surface area contributed by atoms with Crippen LogP contribution in [-0.4, -0.2) is 28.2 Å². The van der Waals surface area contributed by atoms with Gasteiger partial charge in [0.25, 0.3) is 11.8 Å². The Morgan fingerprint density at radius 3 is 2.43 bits per heavy atom. The molecule has 1 aromatic heterocycles. The van der Waals surface area contributed by atoms with Gasteiger partial charge < -0.3 is 4.57 Å². The summed E-state index contributed by atoms with van der Waals surface area (Å²) in [5.41, 5.74) is 1.54. The van der Waals surface area contributed by atoms with E-state index >= 15 is 0 Å². The third-order valence-electron chi connectivity index (χ3n) is 5.81. The molecule has 10 heteroatoms. The average molecular weight is 571 g/mol. The minimum atomic E-state index is -0.891. The smallest absolute Gasteiger partial charge is 0.336 e. The number of halogens is 3. The Morgan fingerprint density at radius 1 is 0.892 bits per heavy atom. The number of fused-ring (bicyclic) bond motifs is 1. The van der Waals surface area contributed by atoms with Crippen molar-refractivity contribution in [2.75, 3.05) is 10.7 Å². The number of rotatable bonds is 6. The molecule has 1 aliphatic heterocycles. The molecule has 1 saturated heterocycles. The van der Waals surface area contributed by atoms with Gasteiger partial charge in [-0.15, -0.1) is 11.8 Å². The van der Waals surface area contributed by atoms with Crippen LogP contribution in [0.4, 0.5) is 10.5 Å². The first kappa shape index (κ1) is 25.4. The molecule has 37 heavy (non-hydrogen) atoms. The molecule has 0 bridgehead atoms. The molecule has 186 valence electrons. The highest BCUT2D eigenvalue weighted by Gasteiger charge is 2.38. The average Bonchev–Trinajstić information content (AvgIpc) is 3.23. The molecule has 2 heterocycles. The van der Waals surface area contributed by atoms with Gasteiger partial charge in [-0.1, -0.05) is 59.1 Å². The van der Waals surface area contributed by atoms with Crippen molar-refractivity contribution in [2.24, 2.45) is 0 Å². The Morgan fingerprint density at radius 2 is 1.65 bits per heavy atom. The van der Waals surface area contributed by atoms with Crippen LogP contribution in [0.15, 0.2) is 83.4 Å². The molecule has 4 amide bonds. The van der Waals surface area contributed by atoms with Gasteiger partial charge in [0.15, 0.2) is 0 Å². The largest absolute Gasteiger partial charge is 0.346 e. The lowest BCUT2D eigenvalue weighted by Crippen LogP contribution is -2.54. The lowest BCUT2D eigenvalue weighted by atomic mass is 10.1. The van der Waals surface area contributed by atoms with Crippen LogP contribution in [0.5, 0.6) is 0 Å². The first-order valence-electron chi connectivity index (χ1n) is 11.1. The molecule has 0 spiro atoms. The van der Waals surface area contributed by atoms with Crippen molar-refractivity contribution in [1.82, 2.24) is 9.88 Å². The first-order chi connectivity index (χ1) is 17.8. The number of carbonyl (C=O) groups is 3. The molecule has 4 aromatic rings. The number of nitrogens with one attached hydrogen (secondary N) is 1. The van der Waals surface area contributed by atoms with Gasteiger partial charge in [-0.25, -0.2) is 9.69 Å². The standard InChI is InChI=1S/C27H18Cl3N3O3S/c28-17-8-10-18(11-9-17)37-13-12-32-15-16(19-4-1-2-6-22(19)32)14-20-25(34)31-27(36)33(26(20)35)23-7-3-5-21(29)24(23)30/h1-11,14-15H,12-13H2,(H,31,34,36)/b20-14+. The van der Waals surface area contributed by atoms with E-state index < -0.39 is 17.8 Å². The van der Waals surface area contributed by atoms with Gasteiger partial charge >= 0.3 is 6.03 Å². The Hall–Kier alpha value is -3.23. The number of para-hydroxylation sites is 1. The number of barbiturate groups is 1. The maximum atomic E-state index is 13.4. The van der Waals surface area contributed by atoms with E-state index in [9.17, 15) is 14.4 Å². The van der Waals surface area contributed by atoms with Crippen LogP contribution < -0.4 is 10.2 Å². The van der Waals surface area contributed by atoms with Crippen LogP contribution in [-0.2, 0) is 16.1 Å². The molecule has 0 atom stereocenters. The van der Waals surface area contributed by atoms with Gasteiger partial charge in [0, 0.05) is 44.9 Å². The predicted molar refractivity (Wildman–Crippen MR) is 150 cm³/mol. The van der Waals surface area contributed by atoms with Gasteiger partial charge in [0.05, 0.1) is 15.7 Å². The second-order valence-corrected chi connectivity index (χ2v) is 10.5. The molecule has 5 rings (SSSR count). The zero-order valence-electron chi connectivity index (χ0n) is 19.1. The monoisotopic (exact) mass is 569 g/mol. The molecule has 0 saturated carbocycles. The molecule has 0 aliphatic carbocycles. The Bertz CT molecular complexity index is 1580. The third-order valence-corrected chi connectivity index (χ3v) is 7.86. The molecular weight excluding hydrogens is 553 g/mol. The van der Waals surface area contributed by atoms with Crippen molar-refractivity contribution in [2.45, 2.75) is 11.4 Å². The maximum absolute atomic E-state index is 13.4. The number of aryl methyl sites for hydroxylation is 1. The molecule has 3 aromatic carbocycles. The fraction of sp³-hybridized carbons (Fsp3) is 0.0741. The molecule has 6 nitrogen and oxygen atoms in total. The lowest BCUT2D eigenvalue weighted by Gasteiger charge is -2.27. The minimum Gasteiger partial charge on any atom is -0.346 e.